The molecule has 134 valence electrons. The van der Waals surface area contributed by atoms with Gasteiger partial charge in [0.15, 0.2) is 5.96 Å². The van der Waals surface area contributed by atoms with Gasteiger partial charge in [-0.2, -0.15) is 5.10 Å². The van der Waals surface area contributed by atoms with Crippen molar-refractivity contribution in [1.29, 1.82) is 0 Å². The molecule has 1 aliphatic heterocycles. The van der Waals surface area contributed by atoms with E-state index in [0.717, 1.165) is 32.0 Å². The zero-order valence-electron chi connectivity index (χ0n) is 15.6. The second kappa shape index (κ2) is 7.70. The smallest absolute Gasteiger partial charge is 0.194 e. The Morgan fingerprint density at radius 1 is 1.32 bits per heavy atom. The molecular weight excluding hydrogens is 312 g/mol. The number of nitrogens with one attached hydrogen (secondary N) is 1. The van der Waals surface area contributed by atoms with Crippen molar-refractivity contribution in [2.45, 2.75) is 19.0 Å². The van der Waals surface area contributed by atoms with E-state index in [1.54, 1.807) is 0 Å². The number of likely N-dealkylation sites (N-methyl/N-ethyl adjacent to an activating group) is 1. The average molecular weight is 340 g/mol. The van der Waals surface area contributed by atoms with E-state index in [1.807, 2.05) is 25.0 Å². The summed E-state index contributed by atoms with van der Waals surface area (Å²) in [7, 11) is 8.00. The molecule has 0 aliphatic carbocycles. The summed E-state index contributed by atoms with van der Waals surface area (Å²) >= 11 is 0. The lowest BCUT2D eigenvalue weighted by molar-refractivity contribution is 0.292. The summed E-state index contributed by atoms with van der Waals surface area (Å²) in [5.41, 5.74) is 4.06. The summed E-state index contributed by atoms with van der Waals surface area (Å²) < 4.78 is 1.85. The van der Waals surface area contributed by atoms with E-state index in [9.17, 15) is 0 Å². The third-order valence-electron chi connectivity index (χ3n) is 4.83. The topological polar surface area (TPSA) is 48.7 Å². The maximum atomic E-state index is 4.51. The Bertz CT molecular complexity index is 733. The minimum Gasteiger partial charge on any atom is -0.354 e. The maximum Gasteiger partial charge on any atom is 0.194 e. The van der Waals surface area contributed by atoms with E-state index in [1.165, 1.54) is 16.7 Å². The Morgan fingerprint density at radius 3 is 2.72 bits per heavy atom. The highest BCUT2D eigenvalue weighted by Gasteiger charge is 2.21. The number of aromatic nitrogens is 2. The highest BCUT2D eigenvalue weighted by Crippen LogP contribution is 2.19. The largest absolute Gasteiger partial charge is 0.354 e. The predicted octanol–water partition coefficient (Wildman–Crippen LogP) is 1.66. The fraction of sp³-hybridized carbons (Fsp3) is 0.474. The Labute approximate surface area is 150 Å². The molecule has 2 heterocycles. The van der Waals surface area contributed by atoms with Gasteiger partial charge < -0.3 is 15.1 Å². The lowest BCUT2D eigenvalue weighted by Crippen LogP contribution is -2.46. The fourth-order valence-corrected chi connectivity index (χ4v) is 3.41. The SMILES string of the molecule is CN=C(NCC(c1cnn(C)c1)N(C)C)N1CCc2ccccc2C1. The molecule has 0 saturated carbocycles. The Morgan fingerprint density at radius 2 is 2.08 bits per heavy atom. The number of guanidine groups is 1. The third kappa shape index (κ3) is 4.02. The highest BCUT2D eigenvalue weighted by molar-refractivity contribution is 5.80. The molecule has 0 radical (unpaired) electrons. The number of benzene rings is 1. The van der Waals surface area contributed by atoms with Crippen molar-refractivity contribution >= 4 is 5.96 Å². The molecule has 1 N–H and O–H groups in total. The average Bonchev–Trinajstić information content (AvgIpc) is 3.04. The minimum absolute atomic E-state index is 0.252. The van der Waals surface area contributed by atoms with Crippen LogP contribution in [0.25, 0.3) is 0 Å². The van der Waals surface area contributed by atoms with Crippen molar-refractivity contribution < 1.29 is 0 Å². The second-order valence-corrected chi connectivity index (χ2v) is 6.80. The molecule has 6 nitrogen and oxygen atoms in total. The summed E-state index contributed by atoms with van der Waals surface area (Å²) in [5.74, 6) is 0.963. The lowest BCUT2D eigenvalue weighted by Gasteiger charge is -2.33. The molecule has 1 aliphatic rings. The van der Waals surface area contributed by atoms with Crippen molar-refractivity contribution in [2.75, 3.05) is 34.2 Å². The molecule has 0 amide bonds. The van der Waals surface area contributed by atoms with Gasteiger partial charge >= 0.3 is 0 Å². The standard InChI is InChI=1S/C19H28N6/c1-20-19(25-10-9-15-7-5-6-8-16(15)14-25)21-12-18(23(2)3)17-11-22-24(4)13-17/h5-8,11,13,18H,9-10,12,14H2,1-4H3,(H,20,21). The quantitative estimate of drug-likeness (QED) is 0.679. The van der Waals surface area contributed by atoms with Crippen LogP contribution < -0.4 is 5.32 Å². The molecule has 6 heteroatoms. The van der Waals surface area contributed by atoms with Crippen LogP contribution in [0.3, 0.4) is 0 Å². The van der Waals surface area contributed by atoms with Crippen LogP contribution in [0.2, 0.25) is 0 Å². The van der Waals surface area contributed by atoms with Gasteiger partial charge in [0.2, 0.25) is 0 Å². The fourth-order valence-electron chi connectivity index (χ4n) is 3.41. The maximum absolute atomic E-state index is 4.51. The molecule has 0 spiro atoms. The van der Waals surface area contributed by atoms with E-state index < -0.39 is 0 Å². The number of hydrogen-bond acceptors (Lipinski definition) is 3. The molecule has 1 aromatic heterocycles. The van der Waals surface area contributed by atoms with Crippen LogP contribution in [0, 0.1) is 0 Å². The number of fused-ring (bicyclic) bond motifs is 1. The monoisotopic (exact) mass is 340 g/mol. The number of aliphatic imine (C=N–C) groups is 1. The predicted molar refractivity (Wildman–Crippen MR) is 102 cm³/mol. The van der Waals surface area contributed by atoms with Gasteiger partial charge in [-0.1, -0.05) is 24.3 Å². The zero-order valence-corrected chi connectivity index (χ0v) is 15.6. The van der Waals surface area contributed by atoms with E-state index in [2.05, 4.69) is 69.8 Å². The Balaban J connectivity index is 1.66. The molecule has 3 rings (SSSR count). The minimum atomic E-state index is 0.252. The summed E-state index contributed by atoms with van der Waals surface area (Å²) in [6.45, 7) is 2.70. The van der Waals surface area contributed by atoms with Crippen molar-refractivity contribution in [3.8, 4) is 0 Å². The molecule has 2 aromatic rings. The van der Waals surface area contributed by atoms with Crippen LogP contribution in [0.1, 0.15) is 22.7 Å². The van der Waals surface area contributed by atoms with E-state index in [0.29, 0.717) is 0 Å². The van der Waals surface area contributed by atoms with E-state index in [-0.39, 0.29) is 6.04 Å². The third-order valence-corrected chi connectivity index (χ3v) is 4.83. The number of nitrogens with zero attached hydrogens (tertiary/aromatic N) is 5. The number of aryl methyl sites for hydroxylation is 1. The zero-order chi connectivity index (χ0) is 17.8. The van der Waals surface area contributed by atoms with Crippen LogP contribution in [0.5, 0.6) is 0 Å². The van der Waals surface area contributed by atoms with Crippen molar-refractivity contribution in [3.05, 3.63) is 53.3 Å². The molecule has 0 fully saturated rings. The van der Waals surface area contributed by atoms with E-state index in [4.69, 9.17) is 0 Å². The molecule has 1 atom stereocenters. The van der Waals surface area contributed by atoms with Gasteiger partial charge in [0, 0.05) is 45.5 Å². The molecule has 0 saturated heterocycles. The Kier molecular flexibility index (Phi) is 5.38. The van der Waals surface area contributed by atoms with Gasteiger partial charge in [-0.25, -0.2) is 0 Å². The summed E-state index contributed by atoms with van der Waals surface area (Å²) in [5, 5.41) is 7.86. The summed E-state index contributed by atoms with van der Waals surface area (Å²) in [6.07, 6.45) is 5.08. The van der Waals surface area contributed by atoms with Crippen LogP contribution >= 0.6 is 0 Å². The molecule has 0 bridgehead atoms. The van der Waals surface area contributed by atoms with Crippen LogP contribution in [-0.4, -0.2) is 59.8 Å². The van der Waals surface area contributed by atoms with Crippen LogP contribution in [-0.2, 0) is 20.0 Å². The van der Waals surface area contributed by atoms with Crippen molar-refractivity contribution in [3.63, 3.8) is 0 Å². The second-order valence-electron chi connectivity index (χ2n) is 6.80. The first-order valence-corrected chi connectivity index (χ1v) is 8.76. The summed E-state index contributed by atoms with van der Waals surface area (Å²) in [4.78, 5) is 9.05. The molecule has 25 heavy (non-hydrogen) atoms. The summed E-state index contributed by atoms with van der Waals surface area (Å²) in [6, 6.07) is 8.93. The first kappa shape index (κ1) is 17.5. The van der Waals surface area contributed by atoms with Gasteiger partial charge in [-0.15, -0.1) is 0 Å². The van der Waals surface area contributed by atoms with Crippen LogP contribution in [0.15, 0.2) is 41.7 Å². The van der Waals surface area contributed by atoms with Gasteiger partial charge in [-0.05, 0) is 31.6 Å². The molecule has 1 aromatic carbocycles. The molecule has 1 unspecified atom stereocenters. The normalized spacial score (nSPS) is 16.0. The molecular formula is C19H28N6. The lowest BCUT2D eigenvalue weighted by atomic mass is 10.0. The number of rotatable bonds is 4. The number of hydrogen-bond donors (Lipinski definition) is 1. The first-order chi connectivity index (χ1) is 12.1. The van der Waals surface area contributed by atoms with Gasteiger partial charge in [-0.3, -0.25) is 9.67 Å². The van der Waals surface area contributed by atoms with Crippen molar-refractivity contribution in [2.24, 2.45) is 12.0 Å². The van der Waals surface area contributed by atoms with Crippen molar-refractivity contribution in [1.82, 2.24) is 24.9 Å². The highest BCUT2D eigenvalue weighted by atomic mass is 15.3. The first-order valence-electron chi connectivity index (χ1n) is 8.76. The van der Waals surface area contributed by atoms with Crippen LogP contribution in [0.4, 0.5) is 0 Å². The Hall–Kier alpha value is -2.34. The van der Waals surface area contributed by atoms with Gasteiger partial charge in [0.25, 0.3) is 0 Å². The van der Waals surface area contributed by atoms with E-state index >= 15 is 0 Å². The van der Waals surface area contributed by atoms with Gasteiger partial charge in [0.05, 0.1) is 12.2 Å². The van der Waals surface area contributed by atoms with Gasteiger partial charge in [0.1, 0.15) is 0 Å².